The Morgan fingerprint density at radius 2 is 1.86 bits per heavy atom. The van der Waals surface area contributed by atoms with E-state index in [1.165, 1.54) is 24.3 Å². The quantitative estimate of drug-likeness (QED) is 0.752. The maximum atomic E-state index is 12.5. The van der Waals surface area contributed by atoms with E-state index in [0.717, 1.165) is 5.75 Å². The van der Waals surface area contributed by atoms with E-state index in [4.69, 9.17) is 14.6 Å². The highest BCUT2D eigenvalue weighted by Crippen LogP contribution is 2.31. The summed E-state index contributed by atoms with van der Waals surface area (Å²) in [6.45, 7) is 2.70. The molecule has 3 rings (SSSR count). The average Bonchev–Trinajstić information content (AvgIpc) is 2.67. The molecule has 0 aromatic heterocycles. The number of fused-ring (bicyclic) bond motifs is 1. The number of benzene rings is 2. The number of primary sulfonamides is 1. The molecule has 0 radical (unpaired) electrons. The molecule has 0 spiro atoms. The van der Waals surface area contributed by atoms with Crippen molar-refractivity contribution in [3.8, 4) is 11.5 Å². The van der Waals surface area contributed by atoms with Crippen molar-refractivity contribution in [2.45, 2.75) is 24.0 Å². The van der Waals surface area contributed by atoms with Crippen molar-refractivity contribution in [2.75, 3.05) is 25.5 Å². The smallest absolute Gasteiger partial charge is 0.241 e. The van der Waals surface area contributed by atoms with Crippen molar-refractivity contribution in [1.29, 1.82) is 0 Å². The molecule has 0 saturated heterocycles. The number of likely N-dealkylation sites (N-methyl/N-ethyl adjacent to an activating group) is 1. The molecule has 3 N–H and O–H groups in total. The lowest BCUT2D eigenvalue weighted by atomic mass is 10.2. The van der Waals surface area contributed by atoms with Crippen molar-refractivity contribution in [3.63, 3.8) is 0 Å². The lowest BCUT2D eigenvalue weighted by Crippen LogP contribution is -2.46. The number of hydrogen-bond acceptors (Lipinski definition) is 6. The molecule has 1 aliphatic rings. The predicted molar refractivity (Wildman–Crippen MR) is 105 cm³/mol. The van der Waals surface area contributed by atoms with Gasteiger partial charge in [-0.3, -0.25) is 9.69 Å². The fraction of sp³-hybridized carbons (Fsp3) is 0.316. The molecular weight excluding hydrogens is 382 g/mol. The Kier molecular flexibility index (Phi) is 5.87. The first-order chi connectivity index (χ1) is 13.2. The van der Waals surface area contributed by atoms with Gasteiger partial charge in [-0.15, -0.1) is 0 Å². The van der Waals surface area contributed by atoms with Crippen LogP contribution in [-0.4, -0.2) is 51.6 Å². The Hall–Kier alpha value is -2.62. The summed E-state index contributed by atoms with van der Waals surface area (Å²) in [5, 5.41) is 7.84. The second kappa shape index (κ2) is 8.17. The molecule has 0 fully saturated rings. The number of nitrogens with zero attached hydrogens (tertiary/aromatic N) is 1. The van der Waals surface area contributed by atoms with Gasteiger partial charge in [0.2, 0.25) is 15.9 Å². The third-order valence-electron chi connectivity index (χ3n) is 4.55. The van der Waals surface area contributed by atoms with E-state index in [1.54, 1.807) is 6.92 Å². The Morgan fingerprint density at radius 3 is 2.50 bits per heavy atom. The van der Waals surface area contributed by atoms with Gasteiger partial charge in [-0.2, -0.15) is 0 Å². The largest absolute Gasteiger partial charge is 0.486 e. The third-order valence-corrected chi connectivity index (χ3v) is 5.48. The summed E-state index contributed by atoms with van der Waals surface area (Å²) in [4.78, 5) is 14.4. The number of hydrogen-bond donors (Lipinski definition) is 2. The number of nitrogens with two attached hydrogens (primary N) is 1. The van der Waals surface area contributed by atoms with Crippen LogP contribution < -0.4 is 19.9 Å². The van der Waals surface area contributed by atoms with Crippen LogP contribution in [0.2, 0.25) is 0 Å². The molecule has 0 bridgehead atoms. The number of ether oxygens (including phenoxy) is 2. The molecule has 1 amide bonds. The van der Waals surface area contributed by atoms with Crippen LogP contribution >= 0.6 is 0 Å². The minimum Gasteiger partial charge on any atom is -0.486 e. The molecule has 8 nitrogen and oxygen atoms in total. The number of sulfonamides is 1. The maximum absolute atomic E-state index is 12.5. The van der Waals surface area contributed by atoms with Crippen LogP contribution in [0.25, 0.3) is 0 Å². The Bertz CT molecular complexity index is 946. The van der Waals surface area contributed by atoms with Crippen LogP contribution in [-0.2, 0) is 14.8 Å². The van der Waals surface area contributed by atoms with E-state index in [0.29, 0.717) is 24.6 Å². The molecule has 150 valence electrons. The van der Waals surface area contributed by atoms with E-state index in [-0.39, 0.29) is 16.9 Å². The van der Waals surface area contributed by atoms with Crippen molar-refractivity contribution < 1.29 is 22.7 Å². The second-order valence-electron chi connectivity index (χ2n) is 6.67. The molecular formula is C19H23N3O5S. The van der Waals surface area contributed by atoms with E-state index < -0.39 is 16.1 Å². The van der Waals surface area contributed by atoms with E-state index in [9.17, 15) is 13.2 Å². The highest BCUT2D eigenvalue weighted by Gasteiger charge is 2.26. The number of nitrogens with one attached hydrogen (secondary N) is 1. The number of amides is 1. The summed E-state index contributed by atoms with van der Waals surface area (Å²) in [7, 11) is -1.93. The molecule has 1 aliphatic heterocycles. The molecule has 0 unspecified atom stereocenters. The van der Waals surface area contributed by atoms with Crippen molar-refractivity contribution in [2.24, 2.45) is 5.14 Å². The number of anilines is 1. The zero-order chi connectivity index (χ0) is 20.3. The SMILES string of the molecule is C[C@@H](C(=O)Nc1ccc(S(N)(=O)=O)cc1)N(C)C[C@H]1COc2ccccc2O1. The van der Waals surface area contributed by atoms with Crippen LogP contribution in [0, 0.1) is 0 Å². The lowest BCUT2D eigenvalue weighted by molar-refractivity contribution is -0.120. The summed E-state index contributed by atoms with van der Waals surface area (Å²) >= 11 is 0. The minimum atomic E-state index is -3.76. The number of rotatable bonds is 6. The summed E-state index contributed by atoms with van der Waals surface area (Å²) in [6.07, 6.45) is -0.191. The first kappa shape index (κ1) is 20.1. The fourth-order valence-corrected chi connectivity index (χ4v) is 3.32. The van der Waals surface area contributed by atoms with Crippen LogP contribution in [0.1, 0.15) is 6.92 Å². The third kappa shape index (κ3) is 4.80. The van der Waals surface area contributed by atoms with Gasteiger partial charge >= 0.3 is 0 Å². The highest BCUT2D eigenvalue weighted by atomic mass is 32.2. The predicted octanol–water partition coefficient (Wildman–Crippen LogP) is 1.43. The first-order valence-corrected chi connectivity index (χ1v) is 10.3. The van der Waals surface area contributed by atoms with Crippen LogP contribution in [0.3, 0.4) is 0 Å². The number of carbonyl (C=O) groups is 1. The average molecular weight is 405 g/mol. The van der Waals surface area contributed by atoms with Gasteiger partial charge in [0.1, 0.15) is 12.7 Å². The zero-order valence-corrected chi connectivity index (χ0v) is 16.5. The molecule has 0 aliphatic carbocycles. The standard InChI is InChI=1S/C19H23N3O5S/c1-13(19(23)21-14-7-9-16(10-8-14)28(20,24)25)22(2)11-15-12-26-17-5-3-4-6-18(17)27-15/h3-10,13,15H,11-12H2,1-2H3,(H,21,23)(H2,20,24,25)/t13-,15-/m0/s1. The molecule has 2 aromatic rings. The van der Waals surface area contributed by atoms with E-state index >= 15 is 0 Å². The van der Waals surface area contributed by atoms with Gasteiger partial charge in [-0.05, 0) is 50.4 Å². The zero-order valence-electron chi connectivity index (χ0n) is 15.7. The van der Waals surface area contributed by atoms with Crippen molar-refractivity contribution >= 4 is 21.6 Å². The molecule has 28 heavy (non-hydrogen) atoms. The molecule has 2 atom stereocenters. The van der Waals surface area contributed by atoms with Gasteiger partial charge in [0.15, 0.2) is 11.5 Å². The van der Waals surface area contributed by atoms with Gasteiger partial charge in [0.05, 0.1) is 10.9 Å². The van der Waals surface area contributed by atoms with Crippen LogP contribution in [0.4, 0.5) is 5.69 Å². The molecule has 9 heteroatoms. The van der Waals surface area contributed by atoms with E-state index in [1.807, 2.05) is 36.2 Å². The van der Waals surface area contributed by atoms with E-state index in [2.05, 4.69) is 5.32 Å². The van der Waals surface area contributed by atoms with Crippen LogP contribution in [0.15, 0.2) is 53.4 Å². The summed E-state index contributed by atoms with van der Waals surface area (Å²) in [5.41, 5.74) is 0.490. The second-order valence-corrected chi connectivity index (χ2v) is 8.23. The monoisotopic (exact) mass is 405 g/mol. The molecule has 0 saturated carbocycles. The minimum absolute atomic E-state index is 0.00889. The van der Waals surface area contributed by atoms with Gasteiger partial charge in [0.25, 0.3) is 0 Å². The molecule has 2 aromatic carbocycles. The maximum Gasteiger partial charge on any atom is 0.241 e. The first-order valence-electron chi connectivity index (χ1n) is 8.76. The lowest BCUT2D eigenvalue weighted by Gasteiger charge is -2.31. The normalized spacial score (nSPS) is 17.2. The van der Waals surface area contributed by atoms with Gasteiger partial charge in [-0.25, -0.2) is 13.6 Å². The summed E-state index contributed by atoms with van der Waals surface area (Å²) in [6, 6.07) is 12.7. The van der Waals surface area contributed by atoms with Crippen molar-refractivity contribution in [1.82, 2.24) is 4.90 Å². The fourth-order valence-electron chi connectivity index (χ4n) is 2.81. The molecule has 1 heterocycles. The Morgan fingerprint density at radius 1 is 1.21 bits per heavy atom. The Labute approximate surface area is 164 Å². The summed E-state index contributed by atoms with van der Waals surface area (Å²) < 4.78 is 34.2. The van der Waals surface area contributed by atoms with Gasteiger partial charge in [0, 0.05) is 12.2 Å². The summed E-state index contributed by atoms with van der Waals surface area (Å²) in [5.74, 6) is 1.19. The topological polar surface area (TPSA) is 111 Å². The van der Waals surface area contributed by atoms with Crippen LogP contribution in [0.5, 0.6) is 11.5 Å². The van der Waals surface area contributed by atoms with Gasteiger partial charge < -0.3 is 14.8 Å². The Balaban J connectivity index is 1.56. The number of carbonyl (C=O) groups excluding carboxylic acids is 1. The van der Waals surface area contributed by atoms with Gasteiger partial charge in [-0.1, -0.05) is 12.1 Å². The number of para-hydroxylation sites is 2. The van der Waals surface area contributed by atoms with Crippen molar-refractivity contribution in [3.05, 3.63) is 48.5 Å². The highest BCUT2D eigenvalue weighted by molar-refractivity contribution is 7.89.